The molecule has 2 aliphatic rings. The highest BCUT2D eigenvalue weighted by atomic mass is 14.5. The zero-order valence-electron chi connectivity index (χ0n) is 24.6. The molecule has 0 radical (unpaired) electrons. The Morgan fingerprint density at radius 1 is 0.872 bits per heavy atom. The lowest BCUT2D eigenvalue weighted by Gasteiger charge is -2.05. The highest BCUT2D eigenvalue weighted by Crippen LogP contribution is 2.48. The van der Waals surface area contributed by atoms with E-state index in [1.54, 1.807) is 6.08 Å². The Morgan fingerprint density at radius 2 is 1.44 bits per heavy atom. The van der Waals surface area contributed by atoms with Crippen LogP contribution in [0.5, 0.6) is 0 Å². The van der Waals surface area contributed by atoms with E-state index in [1.807, 2.05) is 64.1 Å². The van der Waals surface area contributed by atoms with Gasteiger partial charge in [0.1, 0.15) is 0 Å². The SMILES string of the molecule is C/C(C#N)=c1/c(C)c2c3cccc4cccc(c-2c1-c1ccc(N)cc1)c43.C=C/C=C\C=C/C.CC.CCC. The first-order valence-electron chi connectivity index (χ1n) is 13.8. The number of hydrogen-bond acceptors (Lipinski definition) is 2. The van der Waals surface area contributed by atoms with Crippen LogP contribution in [0.1, 0.15) is 53.5 Å². The van der Waals surface area contributed by atoms with Crippen LogP contribution in [0.3, 0.4) is 0 Å². The Hall–Kier alpha value is -4.35. The van der Waals surface area contributed by atoms with Gasteiger partial charge in [-0.1, -0.05) is 120 Å². The second kappa shape index (κ2) is 15.2. The summed E-state index contributed by atoms with van der Waals surface area (Å²) in [4.78, 5) is 0. The number of benzene rings is 3. The zero-order chi connectivity index (χ0) is 28.9. The topological polar surface area (TPSA) is 49.8 Å². The number of nitriles is 1. The van der Waals surface area contributed by atoms with Crippen molar-refractivity contribution in [2.24, 2.45) is 0 Å². The van der Waals surface area contributed by atoms with Crippen molar-refractivity contribution in [3.63, 3.8) is 0 Å². The lowest BCUT2D eigenvalue weighted by Crippen LogP contribution is -2.07. The van der Waals surface area contributed by atoms with E-state index in [9.17, 15) is 5.26 Å². The normalized spacial score (nSPS) is 11.4. The number of nitrogen functional groups attached to an aromatic ring is 1. The fourth-order valence-electron chi connectivity index (χ4n) is 4.83. The minimum atomic E-state index is 0.742. The predicted octanol–water partition coefficient (Wildman–Crippen LogP) is 10.3. The lowest BCUT2D eigenvalue weighted by molar-refractivity contribution is 1.09. The second-order valence-corrected chi connectivity index (χ2v) is 9.05. The molecule has 0 fully saturated rings. The fourth-order valence-corrected chi connectivity index (χ4v) is 4.83. The van der Waals surface area contributed by atoms with Gasteiger partial charge in [0.2, 0.25) is 0 Å². The average molecular weight is 515 g/mol. The van der Waals surface area contributed by atoms with Crippen LogP contribution in [0.25, 0.3) is 49.4 Å². The molecular formula is C37H42N2. The standard InChI is InChI=1S/C25H18N2.C7H10.C3H8.C2H6/c1-14(13-26)21-15(2)22-19-7-3-5-16-6-4-8-20(23(16)19)25(22)24(21)17-9-11-18(27)12-10-17;1-3-5-7-6-4-2;1-3-2;1-2/h3-12H,27H2,1-2H3;3-7H,1H2,2H3;3H2,1-2H3;1-2H3/b21-14+;6-4-,7-5-;;. The Kier molecular flexibility index (Phi) is 12.0. The highest BCUT2D eigenvalue weighted by Gasteiger charge is 2.26. The summed E-state index contributed by atoms with van der Waals surface area (Å²) in [5.41, 5.74) is 13.3. The van der Waals surface area contributed by atoms with Gasteiger partial charge in [-0.15, -0.1) is 0 Å². The molecule has 0 amide bonds. The summed E-state index contributed by atoms with van der Waals surface area (Å²) >= 11 is 0. The van der Waals surface area contributed by atoms with Crippen LogP contribution in [-0.2, 0) is 0 Å². The van der Waals surface area contributed by atoms with E-state index in [2.05, 4.69) is 82.0 Å². The van der Waals surface area contributed by atoms with Crippen molar-refractivity contribution in [2.45, 2.75) is 54.9 Å². The summed E-state index contributed by atoms with van der Waals surface area (Å²) in [6, 6.07) is 23.3. The van der Waals surface area contributed by atoms with Gasteiger partial charge in [0.05, 0.1) is 6.07 Å². The first-order valence-corrected chi connectivity index (χ1v) is 13.8. The van der Waals surface area contributed by atoms with Crippen molar-refractivity contribution in [1.82, 2.24) is 0 Å². The molecule has 2 nitrogen and oxygen atoms in total. The largest absolute Gasteiger partial charge is 0.399 e. The van der Waals surface area contributed by atoms with E-state index in [1.165, 1.54) is 44.7 Å². The molecule has 2 aliphatic carbocycles. The maximum absolute atomic E-state index is 9.66. The monoisotopic (exact) mass is 514 g/mol. The quantitative estimate of drug-likeness (QED) is 0.192. The van der Waals surface area contributed by atoms with Crippen molar-refractivity contribution in [3.05, 3.63) is 108 Å². The van der Waals surface area contributed by atoms with Crippen molar-refractivity contribution < 1.29 is 0 Å². The van der Waals surface area contributed by atoms with E-state index in [0.29, 0.717) is 0 Å². The van der Waals surface area contributed by atoms with Gasteiger partial charge in [0, 0.05) is 11.3 Å². The lowest BCUT2D eigenvalue weighted by atomic mass is 9.98. The molecule has 0 unspecified atom stereocenters. The molecule has 0 bridgehead atoms. The van der Waals surface area contributed by atoms with Gasteiger partial charge < -0.3 is 5.73 Å². The van der Waals surface area contributed by atoms with Crippen LogP contribution < -0.4 is 11.0 Å². The van der Waals surface area contributed by atoms with Crippen LogP contribution in [0, 0.1) is 18.3 Å². The van der Waals surface area contributed by atoms with E-state index < -0.39 is 0 Å². The number of fused-ring (bicyclic) bond motifs is 3. The molecule has 0 saturated carbocycles. The summed E-state index contributed by atoms with van der Waals surface area (Å²) in [6.45, 7) is 17.8. The summed E-state index contributed by atoms with van der Waals surface area (Å²) in [6.07, 6.45) is 10.8. The Labute approximate surface area is 235 Å². The Balaban J connectivity index is 0.000000380. The average Bonchev–Trinajstić information content (AvgIpc) is 3.45. The number of anilines is 1. The first kappa shape index (κ1) is 30.9. The summed E-state index contributed by atoms with van der Waals surface area (Å²) in [5, 5.41) is 15.8. The molecule has 0 spiro atoms. The number of nitrogens with zero attached hydrogens (tertiary/aromatic N) is 1. The van der Waals surface area contributed by atoms with E-state index in [-0.39, 0.29) is 0 Å². The van der Waals surface area contributed by atoms with Crippen molar-refractivity contribution in [3.8, 4) is 28.3 Å². The number of nitrogens with two attached hydrogens (primary N) is 1. The third kappa shape index (κ3) is 6.57. The molecule has 0 heterocycles. The minimum absolute atomic E-state index is 0.742. The molecule has 0 atom stereocenters. The molecule has 0 aromatic heterocycles. The van der Waals surface area contributed by atoms with Gasteiger partial charge >= 0.3 is 0 Å². The summed E-state index contributed by atoms with van der Waals surface area (Å²) in [5.74, 6) is 0. The maximum atomic E-state index is 9.66. The van der Waals surface area contributed by atoms with Gasteiger partial charge in [0.25, 0.3) is 0 Å². The molecule has 0 saturated heterocycles. The summed E-state index contributed by atoms with van der Waals surface area (Å²) in [7, 11) is 0. The fraction of sp³-hybridized carbons (Fsp3) is 0.216. The number of hydrogen-bond donors (Lipinski definition) is 1. The molecule has 3 aromatic rings. The molecule has 200 valence electrons. The van der Waals surface area contributed by atoms with Crippen molar-refractivity contribution in [2.75, 3.05) is 5.73 Å². The molecule has 2 heteroatoms. The second-order valence-electron chi connectivity index (χ2n) is 9.05. The smallest absolute Gasteiger partial charge is 0.0950 e. The van der Waals surface area contributed by atoms with Crippen LogP contribution >= 0.6 is 0 Å². The van der Waals surface area contributed by atoms with E-state index >= 15 is 0 Å². The zero-order valence-corrected chi connectivity index (χ0v) is 24.6. The van der Waals surface area contributed by atoms with Crippen LogP contribution in [0.2, 0.25) is 0 Å². The molecule has 5 rings (SSSR count). The molecule has 3 aromatic carbocycles. The third-order valence-corrected chi connectivity index (χ3v) is 6.24. The number of rotatable bonds is 3. The van der Waals surface area contributed by atoms with Crippen LogP contribution in [-0.4, -0.2) is 0 Å². The Morgan fingerprint density at radius 3 is 1.95 bits per heavy atom. The van der Waals surface area contributed by atoms with Crippen molar-refractivity contribution in [1.29, 1.82) is 5.26 Å². The van der Waals surface area contributed by atoms with Gasteiger partial charge in [-0.3, -0.25) is 0 Å². The van der Waals surface area contributed by atoms with Gasteiger partial charge in [0.15, 0.2) is 0 Å². The van der Waals surface area contributed by atoms with E-state index in [0.717, 1.165) is 27.6 Å². The predicted molar refractivity (Wildman–Crippen MR) is 175 cm³/mol. The summed E-state index contributed by atoms with van der Waals surface area (Å²) < 4.78 is 0. The maximum Gasteiger partial charge on any atom is 0.0950 e. The third-order valence-electron chi connectivity index (χ3n) is 6.24. The molecule has 39 heavy (non-hydrogen) atoms. The molecule has 2 N–H and O–H groups in total. The van der Waals surface area contributed by atoms with Crippen LogP contribution in [0.15, 0.2) is 97.6 Å². The minimum Gasteiger partial charge on any atom is -0.399 e. The van der Waals surface area contributed by atoms with Crippen LogP contribution in [0.4, 0.5) is 5.69 Å². The van der Waals surface area contributed by atoms with Gasteiger partial charge in [-0.2, -0.15) is 5.26 Å². The van der Waals surface area contributed by atoms with E-state index in [4.69, 9.17) is 5.73 Å². The first-order chi connectivity index (χ1) is 18.9. The molecular weight excluding hydrogens is 472 g/mol. The highest BCUT2D eigenvalue weighted by molar-refractivity contribution is 6.27. The van der Waals surface area contributed by atoms with Gasteiger partial charge in [-0.05, 0) is 87.5 Å². The molecule has 0 aliphatic heterocycles. The van der Waals surface area contributed by atoms with Gasteiger partial charge in [-0.25, -0.2) is 0 Å². The Bertz CT molecular complexity index is 1600. The van der Waals surface area contributed by atoms with Crippen molar-refractivity contribution >= 4 is 32.8 Å². The number of allylic oxidation sites excluding steroid dienone is 5.